The Labute approximate surface area is 162 Å². The van der Waals surface area contributed by atoms with Crippen molar-refractivity contribution in [2.24, 2.45) is 0 Å². The summed E-state index contributed by atoms with van der Waals surface area (Å²) in [7, 11) is 0. The van der Waals surface area contributed by atoms with Gasteiger partial charge in [0.05, 0.1) is 12.1 Å². The van der Waals surface area contributed by atoms with Gasteiger partial charge in [-0.15, -0.1) is 0 Å². The highest BCUT2D eigenvalue weighted by Crippen LogP contribution is 2.29. The first-order chi connectivity index (χ1) is 13.7. The first-order valence-electron chi connectivity index (χ1n) is 9.83. The molecule has 28 heavy (non-hydrogen) atoms. The number of aromatic nitrogens is 8. The first kappa shape index (κ1) is 17.1. The van der Waals surface area contributed by atoms with E-state index in [4.69, 9.17) is 0 Å². The maximum Gasteiger partial charge on any atom is 0.149 e. The second kappa shape index (κ2) is 6.84. The summed E-state index contributed by atoms with van der Waals surface area (Å²) in [5.74, 6) is 5.14. The van der Waals surface area contributed by atoms with Gasteiger partial charge in [-0.1, -0.05) is 0 Å². The Morgan fingerprint density at radius 1 is 0.821 bits per heavy atom. The van der Waals surface area contributed by atoms with Crippen LogP contribution in [0.2, 0.25) is 0 Å². The van der Waals surface area contributed by atoms with E-state index >= 15 is 0 Å². The number of hydrogen-bond donors (Lipinski definition) is 2. The molecule has 2 N–H and O–H groups in total. The molecule has 5 rings (SSSR count). The average molecular weight is 380 g/mol. The van der Waals surface area contributed by atoms with E-state index in [1.165, 1.54) is 0 Å². The Morgan fingerprint density at radius 2 is 1.32 bits per heavy atom. The molecular formula is C18H24N10. The van der Waals surface area contributed by atoms with E-state index in [-0.39, 0.29) is 12.1 Å². The average Bonchev–Trinajstić information content (AvgIpc) is 3.24. The second-order valence-electron chi connectivity index (χ2n) is 7.45. The second-order valence-corrected chi connectivity index (χ2v) is 7.45. The zero-order valence-electron chi connectivity index (χ0n) is 16.1. The summed E-state index contributed by atoms with van der Waals surface area (Å²) in [4.78, 5) is 18.0. The molecule has 10 nitrogen and oxygen atoms in total. The van der Waals surface area contributed by atoms with Crippen molar-refractivity contribution < 1.29 is 0 Å². The number of hydrogen-bond acceptors (Lipinski definition) is 8. The number of fused-ring (bicyclic) bond motifs is 2. The number of anilines is 2. The standard InChI is InChI=1S/C18H24N10/c1-11-21-17-13(5-3-7-27(17)25-11)23-15-9-16(20-10-19-15)24-14-6-4-8-28-18(14)22-12(2)26-28/h9-10,13-14H,3-8H2,1-2H3,(H2,19,20,23,24). The van der Waals surface area contributed by atoms with Gasteiger partial charge in [0.15, 0.2) is 0 Å². The van der Waals surface area contributed by atoms with Crippen LogP contribution in [0.5, 0.6) is 0 Å². The first-order valence-corrected chi connectivity index (χ1v) is 9.83. The quantitative estimate of drug-likeness (QED) is 0.708. The molecule has 2 atom stereocenters. The number of nitrogens with zero attached hydrogens (tertiary/aromatic N) is 8. The minimum atomic E-state index is 0.109. The molecule has 2 unspecified atom stereocenters. The highest BCUT2D eigenvalue weighted by Gasteiger charge is 2.25. The fraction of sp³-hybridized carbons (Fsp3) is 0.556. The number of nitrogens with one attached hydrogen (secondary N) is 2. The third-order valence-corrected chi connectivity index (χ3v) is 5.27. The molecule has 2 aliphatic heterocycles. The SMILES string of the molecule is Cc1nc2n(n1)CCCC2Nc1cc(NC2CCCn3nc(C)nc32)ncn1. The van der Waals surface area contributed by atoms with Crippen molar-refractivity contribution in [3.8, 4) is 0 Å². The van der Waals surface area contributed by atoms with Gasteiger partial charge in [-0.25, -0.2) is 29.3 Å². The Balaban J connectivity index is 1.34. The van der Waals surface area contributed by atoms with Crippen LogP contribution >= 0.6 is 0 Å². The molecule has 10 heteroatoms. The summed E-state index contributed by atoms with van der Waals surface area (Å²) >= 11 is 0. The molecule has 3 aromatic rings. The molecular weight excluding hydrogens is 356 g/mol. The fourth-order valence-corrected chi connectivity index (χ4v) is 4.08. The zero-order chi connectivity index (χ0) is 19.1. The lowest BCUT2D eigenvalue weighted by Crippen LogP contribution is -2.24. The van der Waals surface area contributed by atoms with Crippen LogP contribution in [0.15, 0.2) is 12.4 Å². The summed E-state index contributed by atoms with van der Waals surface area (Å²) in [5, 5.41) is 15.9. The van der Waals surface area contributed by atoms with Gasteiger partial charge in [0, 0.05) is 19.2 Å². The maximum atomic E-state index is 4.58. The molecule has 0 saturated carbocycles. The van der Waals surface area contributed by atoms with Gasteiger partial charge in [-0.05, 0) is 39.5 Å². The summed E-state index contributed by atoms with van der Waals surface area (Å²) in [6, 6.07) is 2.17. The van der Waals surface area contributed by atoms with Crippen LogP contribution in [0.3, 0.4) is 0 Å². The molecule has 0 amide bonds. The summed E-state index contributed by atoms with van der Waals surface area (Å²) in [5.41, 5.74) is 0. The van der Waals surface area contributed by atoms with Gasteiger partial charge < -0.3 is 10.6 Å². The van der Waals surface area contributed by atoms with Crippen molar-refractivity contribution in [1.82, 2.24) is 39.5 Å². The van der Waals surface area contributed by atoms with Crippen LogP contribution in [-0.4, -0.2) is 39.5 Å². The van der Waals surface area contributed by atoms with Crippen LogP contribution in [-0.2, 0) is 13.1 Å². The van der Waals surface area contributed by atoms with E-state index in [0.717, 1.165) is 73.7 Å². The van der Waals surface area contributed by atoms with Crippen LogP contribution in [0.1, 0.15) is 61.1 Å². The molecule has 0 saturated heterocycles. The third-order valence-electron chi connectivity index (χ3n) is 5.27. The molecule has 0 radical (unpaired) electrons. The topological polar surface area (TPSA) is 111 Å². The van der Waals surface area contributed by atoms with Crippen LogP contribution in [0.25, 0.3) is 0 Å². The zero-order valence-corrected chi connectivity index (χ0v) is 16.1. The van der Waals surface area contributed by atoms with Gasteiger partial charge in [0.2, 0.25) is 0 Å². The van der Waals surface area contributed by atoms with Crippen LogP contribution < -0.4 is 10.6 Å². The predicted octanol–water partition coefficient (Wildman–Crippen LogP) is 2.17. The normalized spacial score (nSPS) is 21.1. The van der Waals surface area contributed by atoms with Crippen molar-refractivity contribution in [2.75, 3.05) is 10.6 Å². The predicted molar refractivity (Wildman–Crippen MR) is 103 cm³/mol. The molecule has 2 aliphatic rings. The summed E-state index contributed by atoms with van der Waals surface area (Å²) < 4.78 is 3.99. The Morgan fingerprint density at radius 3 is 1.82 bits per heavy atom. The van der Waals surface area contributed by atoms with Crippen molar-refractivity contribution >= 4 is 11.6 Å². The van der Waals surface area contributed by atoms with Gasteiger partial charge in [0.25, 0.3) is 0 Å². The fourth-order valence-electron chi connectivity index (χ4n) is 4.08. The van der Waals surface area contributed by atoms with E-state index in [9.17, 15) is 0 Å². The number of aryl methyl sites for hydroxylation is 4. The summed E-state index contributed by atoms with van der Waals surface area (Å²) in [6.45, 7) is 5.71. The lowest BCUT2D eigenvalue weighted by Gasteiger charge is -2.25. The Bertz CT molecular complexity index is 915. The maximum absolute atomic E-state index is 4.58. The molecule has 0 bridgehead atoms. The minimum Gasteiger partial charge on any atom is -0.360 e. The Hall–Kier alpha value is -3.04. The van der Waals surface area contributed by atoms with Crippen molar-refractivity contribution in [3.63, 3.8) is 0 Å². The lowest BCUT2D eigenvalue weighted by atomic mass is 10.1. The third kappa shape index (κ3) is 3.19. The van der Waals surface area contributed by atoms with Gasteiger partial charge in [-0.3, -0.25) is 0 Å². The molecule has 0 fully saturated rings. The monoisotopic (exact) mass is 380 g/mol. The molecule has 146 valence electrons. The van der Waals surface area contributed by atoms with E-state index in [2.05, 4.69) is 40.8 Å². The molecule has 0 spiro atoms. The van der Waals surface area contributed by atoms with Crippen molar-refractivity contribution in [2.45, 2.75) is 64.7 Å². The van der Waals surface area contributed by atoms with Gasteiger partial charge in [0.1, 0.15) is 41.3 Å². The van der Waals surface area contributed by atoms with E-state index in [1.54, 1.807) is 6.33 Å². The van der Waals surface area contributed by atoms with Crippen molar-refractivity contribution in [3.05, 3.63) is 35.7 Å². The van der Waals surface area contributed by atoms with E-state index in [1.807, 2.05) is 29.3 Å². The highest BCUT2D eigenvalue weighted by atomic mass is 15.4. The molecule has 3 aromatic heterocycles. The Kier molecular flexibility index (Phi) is 4.18. The highest BCUT2D eigenvalue weighted by molar-refractivity contribution is 5.48. The largest absolute Gasteiger partial charge is 0.360 e. The lowest BCUT2D eigenvalue weighted by molar-refractivity contribution is 0.436. The van der Waals surface area contributed by atoms with Crippen molar-refractivity contribution in [1.29, 1.82) is 0 Å². The van der Waals surface area contributed by atoms with Crippen LogP contribution in [0, 0.1) is 13.8 Å². The van der Waals surface area contributed by atoms with Gasteiger partial charge in [-0.2, -0.15) is 10.2 Å². The number of rotatable bonds is 4. The van der Waals surface area contributed by atoms with Gasteiger partial charge >= 0.3 is 0 Å². The minimum absolute atomic E-state index is 0.109. The summed E-state index contributed by atoms with van der Waals surface area (Å²) in [6.07, 6.45) is 5.75. The molecule has 0 aromatic carbocycles. The molecule has 0 aliphatic carbocycles. The smallest absolute Gasteiger partial charge is 0.149 e. The van der Waals surface area contributed by atoms with E-state index in [0.29, 0.717) is 0 Å². The van der Waals surface area contributed by atoms with E-state index < -0.39 is 0 Å². The van der Waals surface area contributed by atoms with Crippen LogP contribution in [0.4, 0.5) is 11.6 Å². The molecule has 5 heterocycles.